The largest absolute Gasteiger partial charge is 0.317 e. The van der Waals surface area contributed by atoms with Gasteiger partial charge in [0, 0.05) is 18.0 Å². The van der Waals surface area contributed by atoms with Crippen LogP contribution in [0.2, 0.25) is 0 Å². The molecule has 1 aliphatic heterocycles. The number of aryl methyl sites for hydroxylation is 1. The lowest BCUT2D eigenvalue weighted by molar-refractivity contribution is -0.995. The Labute approximate surface area is 245 Å². The third-order valence-corrected chi connectivity index (χ3v) is 9.95. The average Bonchev–Trinajstić information content (AvgIpc) is 2.82. The van der Waals surface area contributed by atoms with Crippen LogP contribution in [0.3, 0.4) is 0 Å². The van der Waals surface area contributed by atoms with Gasteiger partial charge in [-0.3, -0.25) is 4.98 Å². The molecule has 3 aromatic rings. The highest BCUT2D eigenvalue weighted by atomic mass is 15.4. The second kappa shape index (κ2) is 11.4. The van der Waals surface area contributed by atoms with Crippen molar-refractivity contribution in [1.82, 2.24) is 4.98 Å². The molecule has 1 saturated heterocycles. The first-order valence-corrected chi connectivity index (χ1v) is 15.6. The van der Waals surface area contributed by atoms with Crippen LogP contribution in [0.1, 0.15) is 108 Å². The number of aromatic nitrogens is 1. The Hall–Kier alpha value is -2.45. The van der Waals surface area contributed by atoms with Crippen molar-refractivity contribution >= 4 is 10.9 Å². The van der Waals surface area contributed by atoms with Crippen LogP contribution in [-0.2, 0) is 17.3 Å². The van der Waals surface area contributed by atoms with Gasteiger partial charge in [0.25, 0.3) is 0 Å². The van der Waals surface area contributed by atoms with Gasteiger partial charge in [-0.2, -0.15) is 0 Å². The van der Waals surface area contributed by atoms with E-state index in [1.54, 1.807) is 0 Å². The molecule has 2 nitrogen and oxygen atoms in total. The van der Waals surface area contributed by atoms with Gasteiger partial charge in [0.2, 0.25) is 0 Å². The first-order chi connectivity index (χ1) is 18.6. The molecule has 2 aliphatic rings. The van der Waals surface area contributed by atoms with E-state index in [4.69, 9.17) is 0 Å². The Kier molecular flexibility index (Phi) is 8.72. The summed E-state index contributed by atoms with van der Waals surface area (Å²) in [7, 11) is 2.40. The number of likely N-dealkylation sites (N-methyl/N-ethyl adjacent to an activating group) is 1. The molecule has 4 atom stereocenters. The molecule has 2 heterocycles. The highest BCUT2D eigenvalue weighted by Crippen LogP contribution is 2.39. The molecule has 216 valence electrons. The first-order valence-electron chi connectivity index (χ1n) is 15.6. The minimum Gasteiger partial charge on any atom is -0.317 e. The number of likely N-dealkylation sites (tertiary alicyclic amines) is 1. The molecular formula is C38H55N2+. The Morgan fingerprint density at radius 3 is 2.10 bits per heavy atom. The Bertz CT molecular complexity index is 1300. The maximum atomic E-state index is 4.61. The smallest absolute Gasteiger partial charge is 0.115 e. The van der Waals surface area contributed by atoms with Gasteiger partial charge in [-0.05, 0) is 90.0 Å². The number of fused-ring (bicyclic) bond motifs is 1. The molecule has 1 saturated carbocycles. The molecule has 0 bridgehead atoms. The molecule has 2 fully saturated rings. The van der Waals surface area contributed by atoms with Gasteiger partial charge >= 0.3 is 0 Å². The van der Waals surface area contributed by atoms with E-state index in [0.29, 0.717) is 12.1 Å². The lowest BCUT2D eigenvalue weighted by atomic mass is 9.79. The van der Waals surface area contributed by atoms with Gasteiger partial charge in [-0.15, -0.1) is 0 Å². The molecular weight excluding hydrogens is 484 g/mol. The summed E-state index contributed by atoms with van der Waals surface area (Å²) in [4.78, 5) is 4.61. The molecule has 0 radical (unpaired) electrons. The fourth-order valence-corrected chi connectivity index (χ4v) is 6.81. The highest BCUT2D eigenvalue weighted by molar-refractivity contribution is 5.83. The second-order valence-corrected chi connectivity index (χ2v) is 15.2. The Morgan fingerprint density at radius 1 is 0.975 bits per heavy atom. The monoisotopic (exact) mass is 539 g/mol. The number of nitrogens with zero attached hydrogens (tertiary/aromatic N) is 2. The van der Waals surface area contributed by atoms with E-state index in [0.717, 1.165) is 28.3 Å². The number of pyridine rings is 1. The topological polar surface area (TPSA) is 12.9 Å². The Morgan fingerprint density at radius 2 is 1.60 bits per heavy atom. The number of rotatable bonds is 5. The van der Waals surface area contributed by atoms with Crippen LogP contribution in [0, 0.1) is 12.8 Å². The van der Waals surface area contributed by atoms with Crippen molar-refractivity contribution in [2.24, 2.45) is 5.92 Å². The maximum Gasteiger partial charge on any atom is 0.115 e. The van der Waals surface area contributed by atoms with Crippen LogP contribution in [-0.4, -0.2) is 35.1 Å². The molecule has 1 aromatic heterocycles. The second-order valence-electron chi connectivity index (χ2n) is 15.2. The van der Waals surface area contributed by atoms with Crippen molar-refractivity contribution in [2.45, 2.75) is 117 Å². The summed E-state index contributed by atoms with van der Waals surface area (Å²) >= 11 is 0. The normalized spacial score (nSPS) is 23.9. The minimum absolute atomic E-state index is 0.242. The lowest BCUT2D eigenvalue weighted by Gasteiger charge is -2.56. The maximum absolute atomic E-state index is 4.61. The zero-order valence-corrected chi connectivity index (χ0v) is 27.1. The van der Waals surface area contributed by atoms with Crippen LogP contribution in [0.15, 0.2) is 61.3 Å². The third kappa shape index (κ3) is 6.38. The quantitative estimate of drug-likeness (QED) is 0.232. The molecule has 40 heavy (non-hydrogen) atoms. The number of quaternary nitrogens is 1. The average molecular weight is 540 g/mol. The van der Waals surface area contributed by atoms with Crippen LogP contribution in [0.25, 0.3) is 10.9 Å². The summed E-state index contributed by atoms with van der Waals surface area (Å²) in [6.07, 6.45) is 9.36. The molecule has 0 N–H and O–H groups in total. The van der Waals surface area contributed by atoms with Gasteiger partial charge in [0.1, 0.15) is 6.04 Å². The van der Waals surface area contributed by atoms with Gasteiger partial charge in [-0.1, -0.05) is 91.3 Å². The van der Waals surface area contributed by atoms with E-state index < -0.39 is 0 Å². The summed E-state index contributed by atoms with van der Waals surface area (Å²) in [5.41, 5.74) is 8.85. The summed E-state index contributed by atoms with van der Waals surface area (Å²) in [5.74, 6) is 1.53. The van der Waals surface area contributed by atoms with Crippen molar-refractivity contribution in [3.63, 3.8) is 0 Å². The predicted octanol–water partition coefficient (Wildman–Crippen LogP) is 9.67. The van der Waals surface area contributed by atoms with Crippen molar-refractivity contribution in [2.75, 3.05) is 13.6 Å². The Balaban J connectivity index is 0.000000212. The van der Waals surface area contributed by atoms with Crippen LogP contribution in [0.4, 0.5) is 0 Å². The predicted molar refractivity (Wildman–Crippen MR) is 174 cm³/mol. The molecule has 5 rings (SSSR count). The zero-order chi connectivity index (χ0) is 29.5. The van der Waals surface area contributed by atoms with Gasteiger partial charge in [0.05, 0.1) is 31.1 Å². The number of benzene rings is 2. The first kappa shape index (κ1) is 30.5. The summed E-state index contributed by atoms with van der Waals surface area (Å²) in [5, 5.41) is 1.37. The fraction of sp³-hybridized carbons (Fsp3) is 0.553. The van der Waals surface area contributed by atoms with Crippen molar-refractivity contribution in [3.05, 3.63) is 89.1 Å². The van der Waals surface area contributed by atoms with Gasteiger partial charge < -0.3 is 4.48 Å². The van der Waals surface area contributed by atoms with Crippen LogP contribution in [0.5, 0.6) is 0 Å². The van der Waals surface area contributed by atoms with E-state index in [1.165, 1.54) is 59.0 Å². The number of hydrogen-bond donors (Lipinski definition) is 0. The van der Waals surface area contributed by atoms with E-state index >= 15 is 0 Å². The van der Waals surface area contributed by atoms with Crippen molar-refractivity contribution < 1.29 is 4.48 Å². The van der Waals surface area contributed by atoms with Crippen LogP contribution < -0.4 is 0 Å². The highest BCUT2D eigenvalue weighted by Gasteiger charge is 2.50. The van der Waals surface area contributed by atoms with E-state index in [-0.39, 0.29) is 10.8 Å². The molecule has 2 aromatic carbocycles. The molecule has 2 heteroatoms. The zero-order valence-electron chi connectivity index (χ0n) is 27.1. The number of hydrogen-bond acceptors (Lipinski definition) is 1. The lowest BCUT2D eigenvalue weighted by Crippen LogP contribution is -2.70. The summed E-state index contributed by atoms with van der Waals surface area (Å²) in [6, 6.07) is 17.3. The van der Waals surface area contributed by atoms with Gasteiger partial charge in [-0.25, -0.2) is 0 Å². The standard InChI is InChI=1S/C23H31N2.C15H24/c1-5-23-16(2)15-25(23,4)17(3)13-20-11-12-24-22-10-9-19(14-21(20)22)18-7-6-8-18;1-11-8-12(14(2,3)4)10-13(9-11)15(5,6)7/h5,9-12,14,16-18,23H,1,6-8,13,15H2,2-4H3;8-10H,1-7H3/q+1;. The molecule has 4 unspecified atom stereocenters. The molecule has 0 amide bonds. The van der Waals surface area contributed by atoms with E-state index in [2.05, 4.69) is 129 Å². The fourth-order valence-electron chi connectivity index (χ4n) is 6.81. The van der Waals surface area contributed by atoms with Crippen LogP contribution >= 0.6 is 0 Å². The van der Waals surface area contributed by atoms with Crippen molar-refractivity contribution in [1.29, 1.82) is 0 Å². The summed E-state index contributed by atoms with van der Waals surface area (Å²) < 4.78 is 1.12. The third-order valence-electron chi connectivity index (χ3n) is 9.95. The molecule has 0 spiro atoms. The van der Waals surface area contributed by atoms with Gasteiger partial charge in [0.15, 0.2) is 0 Å². The van der Waals surface area contributed by atoms with Crippen molar-refractivity contribution in [3.8, 4) is 0 Å². The minimum atomic E-state index is 0.242. The SMILES string of the molecule is C=CC1C(C)C[N+]1(C)C(C)Cc1ccnc2ccc(C3CCC3)cc12.Cc1cc(C(C)(C)C)cc(C(C)(C)C)c1. The summed E-state index contributed by atoms with van der Waals surface area (Å²) in [6.45, 7) is 25.9. The molecule has 1 aliphatic carbocycles. The van der Waals surface area contributed by atoms with E-state index in [9.17, 15) is 0 Å². The van der Waals surface area contributed by atoms with E-state index in [1.807, 2.05) is 6.20 Å².